The number of rotatable bonds is 3. The van der Waals surface area contributed by atoms with E-state index in [1.807, 2.05) is 0 Å². The van der Waals surface area contributed by atoms with E-state index in [2.05, 4.69) is 40.8 Å². The molecule has 0 aromatic rings. The van der Waals surface area contributed by atoms with Crippen molar-refractivity contribution in [3.8, 4) is 35.5 Å². The maximum atomic E-state index is 11.0. The highest BCUT2D eigenvalue weighted by molar-refractivity contribution is 5.96. The average Bonchev–Trinajstić information content (AvgIpc) is 2.32. The van der Waals surface area contributed by atoms with Gasteiger partial charge in [0.2, 0.25) is 0 Å². The summed E-state index contributed by atoms with van der Waals surface area (Å²) in [5.41, 5.74) is 0. The molecule has 92 valence electrons. The summed E-state index contributed by atoms with van der Waals surface area (Å²) in [5.74, 6) is 12.1. The molecule has 0 heterocycles. The Morgan fingerprint density at radius 2 is 1.94 bits per heavy atom. The molecule has 0 fully saturated rings. The maximum Gasteiger partial charge on any atom is 0.325 e. The number of carboxylic acids is 1. The highest BCUT2D eigenvalue weighted by Crippen LogP contribution is 1.79. The predicted molar refractivity (Wildman–Crippen MR) is 64.8 cm³/mol. The summed E-state index contributed by atoms with van der Waals surface area (Å²) in [4.78, 5) is 21.4. The van der Waals surface area contributed by atoms with Crippen LogP contribution in [-0.2, 0) is 9.59 Å². The van der Waals surface area contributed by atoms with Gasteiger partial charge in [-0.1, -0.05) is 12.0 Å². The third kappa shape index (κ3) is 8.61. The van der Waals surface area contributed by atoms with Crippen LogP contribution >= 0.6 is 0 Å². The van der Waals surface area contributed by atoms with Crippen molar-refractivity contribution in [3.63, 3.8) is 0 Å². The van der Waals surface area contributed by atoms with Gasteiger partial charge in [-0.05, 0) is 36.7 Å². The molecule has 1 atom stereocenters. The molecule has 3 N–H and O–H groups in total. The molecule has 0 rings (SSSR count). The minimum Gasteiger partial charge on any atom is -0.480 e. The standard InChI is InChI=1S/C13H11NO4/c1-11(13(17)18)14-12(16)9-7-5-3-2-4-6-8-10-15/h6,8,11,15H,10H2,1H3,(H,14,16)(H,17,18). The SMILES string of the molecule is CC(NC(=O)C#CC#CC#CC=CCO)C(=O)O. The number of aliphatic hydroxyl groups is 1. The number of amides is 1. The lowest BCUT2D eigenvalue weighted by molar-refractivity contribution is -0.140. The second-order valence-corrected chi connectivity index (χ2v) is 2.89. The fourth-order valence-electron chi connectivity index (χ4n) is 0.634. The van der Waals surface area contributed by atoms with Gasteiger partial charge in [0.25, 0.3) is 5.91 Å². The molecule has 0 aliphatic rings. The van der Waals surface area contributed by atoms with Gasteiger partial charge < -0.3 is 15.5 Å². The van der Waals surface area contributed by atoms with E-state index in [1.165, 1.54) is 19.1 Å². The molecule has 5 nitrogen and oxygen atoms in total. The molecular weight excluding hydrogens is 234 g/mol. The fraction of sp³-hybridized carbons (Fsp3) is 0.231. The van der Waals surface area contributed by atoms with E-state index in [-0.39, 0.29) is 6.61 Å². The Morgan fingerprint density at radius 3 is 2.56 bits per heavy atom. The van der Waals surface area contributed by atoms with E-state index in [0.717, 1.165) is 0 Å². The second kappa shape index (κ2) is 9.54. The number of aliphatic hydroxyl groups excluding tert-OH is 1. The van der Waals surface area contributed by atoms with Crippen molar-refractivity contribution in [3.05, 3.63) is 12.2 Å². The lowest BCUT2D eigenvalue weighted by atomic mass is 10.3. The Kier molecular flexibility index (Phi) is 8.12. The third-order valence-corrected chi connectivity index (χ3v) is 1.46. The third-order valence-electron chi connectivity index (χ3n) is 1.46. The first-order valence-corrected chi connectivity index (χ1v) is 4.88. The number of hydrogen-bond acceptors (Lipinski definition) is 3. The van der Waals surface area contributed by atoms with Gasteiger partial charge in [-0.2, -0.15) is 0 Å². The predicted octanol–water partition coefficient (Wildman–Crippen LogP) is -0.866. The molecule has 0 saturated heterocycles. The first-order chi connectivity index (χ1) is 8.57. The van der Waals surface area contributed by atoms with Gasteiger partial charge in [0, 0.05) is 5.92 Å². The molecule has 1 amide bonds. The first kappa shape index (κ1) is 15.3. The molecule has 0 spiro atoms. The Bertz CT molecular complexity index is 514. The summed E-state index contributed by atoms with van der Waals surface area (Å²) in [6.07, 6.45) is 2.88. The van der Waals surface area contributed by atoms with Crippen molar-refractivity contribution in [1.29, 1.82) is 0 Å². The van der Waals surface area contributed by atoms with Crippen LogP contribution in [0.5, 0.6) is 0 Å². The summed E-state index contributed by atoms with van der Waals surface area (Å²) >= 11 is 0. The number of allylic oxidation sites excluding steroid dienone is 1. The zero-order valence-corrected chi connectivity index (χ0v) is 9.65. The van der Waals surface area contributed by atoms with Crippen molar-refractivity contribution < 1.29 is 19.8 Å². The Hall–Kier alpha value is -2.68. The number of carbonyl (C=O) groups is 2. The molecule has 0 aliphatic heterocycles. The van der Waals surface area contributed by atoms with Crippen molar-refractivity contribution >= 4 is 11.9 Å². The molecule has 0 aromatic carbocycles. The van der Waals surface area contributed by atoms with Gasteiger partial charge >= 0.3 is 5.97 Å². The zero-order chi connectivity index (χ0) is 13.8. The van der Waals surface area contributed by atoms with Gasteiger partial charge in [0.1, 0.15) is 6.04 Å². The Morgan fingerprint density at radius 1 is 1.28 bits per heavy atom. The lowest BCUT2D eigenvalue weighted by Gasteiger charge is -2.03. The van der Waals surface area contributed by atoms with Crippen LogP contribution in [0.2, 0.25) is 0 Å². The summed E-state index contributed by atoms with van der Waals surface area (Å²) in [5, 5.41) is 19.0. The van der Waals surface area contributed by atoms with E-state index >= 15 is 0 Å². The molecule has 0 bridgehead atoms. The van der Waals surface area contributed by atoms with Crippen molar-refractivity contribution in [2.24, 2.45) is 0 Å². The molecule has 18 heavy (non-hydrogen) atoms. The molecule has 0 aliphatic carbocycles. The van der Waals surface area contributed by atoms with Gasteiger partial charge in [-0.15, -0.1) is 0 Å². The topological polar surface area (TPSA) is 86.6 Å². The fourth-order valence-corrected chi connectivity index (χ4v) is 0.634. The van der Waals surface area contributed by atoms with Crippen molar-refractivity contribution in [1.82, 2.24) is 5.32 Å². The summed E-state index contributed by atoms with van der Waals surface area (Å²) in [6.45, 7) is 1.23. The smallest absolute Gasteiger partial charge is 0.325 e. The summed E-state index contributed by atoms with van der Waals surface area (Å²) in [6, 6.07) is -0.997. The van der Waals surface area contributed by atoms with Crippen LogP contribution in [0.3, 0.4) is 0 Å². The first-order valence-electron chi connectivity index (χ1n) is 4.88. The zero-order valence-electron chi connectivity index (χ0n) is 9.65. The number of carbonyl (C=O) groups excluding carboxylic acids is 1. The summed E-state index contributed by atoms with van der Waals surface area (Å²) < 4.78 is 0. The Balaban J connectivity index is 4.22. The van der Waals surface area contributed by atoms with Gasteiger partial charge in [-0.25, -0.2) is 0 Å². The minimum atomic E-state index is -1.14. The van der Waals surface area contributed by atoms with Crippen molar-refractivity contribution in [2.45, 2.75) is 13.0 Å². The van der Waals surface area contributed by atoms with Crippen LogP contribution in [0.4, 0.5) is 0 Å². The van der Waals surface area contributed by atoms with Crippen molar-refractivity contribution in [2.75, 3.05) is 6.61 Å². The number of carboxylic acid groups (broad SMARTS) is 1. The summed E-state index contributed by atoms with van der Waals surface area (Å²) in [7, 11) is 0. The molecule has 0 aromatic heterocycles. The van der Waals surface area contributed by atoms with Gasteiger partial charge in [0.15, 0.2) is 0 Å². The Labute approximate surface area is 105 Å². The van der Waals surface area contributed by atoms with Crippen LogP contribution in [0.1, 0.15) is 6.92 Å². The van der Waals surface area contributed by atoms with Crippen LogP contribution in [0.15, 0.2) is 12.2 Å². The number of aliphatic carboxylic acids is 1. The number of hydrogen-bond donors (Lipinski definition) is 3. The lowest BCUT2D eigenvalue weighted by Crippen LogP contribution is -2.37. The minimum absolute atomic E-state index is 0.0934. The molecular formula is C13H11NO4. The van der Waals surface area contributed by atoms with Crippen LogP contribution in [0.25, 0.3) is 0 Å². The average molecular weight is 245 g/mol. The van der Waals surface area contributed by atoms with Crippen LogP contribution < -0.4 is 5.32 Å². The normalized spacial score (nSPS) is 9.89. The molecule has 1 unspecified atom stereocenters. The monoisotopic (exact) mass is 245 g/mol. The largest absolute Gasteiger partial charge is 0.480 e. The van der Waals surface area contributed by atoms with Gasteiger partial charge in [0.05, 0.1) is 6.61 Å². The van der Waals surface area contributed by atoms with E-state index in [1.54, 1.807) is 0 Å². The maximum absolute atomic E-state index is 11.0. The molecule has 0 saturated carbocycles. The highest BCUT2D eigenvalue weighted by Gasteiger charge is 2.11. The van der Waals surface area contributed by atoms with E-state index in [9.17, 15) is 9.59 Å². The van der Waals surface area contributed by atoms with E-state index < -0.39 is 17.9 Å². The van der Waals surface area contributed by atoms with Crippen LogP contribution in [0, 0.1) is 35.5 Å². The quantitative estimate of drug-likeness (QED) is 0.564. The number of nitrogens with one attached hydrogen (secondary N) is 1. The molecule has 0 radical (unpaired) electrons. The second-order valence-electron chi connectivity index (χ2n) is 2.89. The van der Waals surface area contributed by atoms with Crippen LogP contribution in [-0.4, -0.2) is 34.7 Å². The highest BCUT2D eigenvalue weighted by atomic mass is 16.4. The molecule has 5 heteroatoms. The van der Waals surface area contributed by atoms with E-state index in [4.69, 9.17) is 10.2 Å². The van der Waals surface area contributed by atoms with Gasteiger partial charge in [-0.3, -0.25) is 9.59 Å². The van der Waals surface area contributed by atoms with E-state index in [0.29, 0.717) is 0 Å².